The smallest absolute Gasteiger partial charge is 0.128 e. The van der Waals surface area contributed by atoms with Gasteiger partial charge in [-0.05, 0) is 35.0 Å². The number of hydrogen-bond donors (Lipinski definition) is 1. The summed E-state index contributed by atoms with van der Waals surface area (Å²) in [4.78, 5) is 0. The Hall–Kier alpha value is -1.36. The first kappa shape index (κ1) is 13.3. The molecule has 2 nitrogen and oxygen atoms in total. The van der Waals surface area contributed by atoms with Crippen molar-refractivity contribution in [1.82, 2.24) is 0 Å². The van der Waals surface area contributed by atoms with E-state index in [1.165, 1.54) is 15.6 Å². The van der Waals surface area contributed by atoms with E-state index in [4.69, 9.17) is 4.74 Å². The fraction of sp³-hybridized carbons (Fsp3) is 0.176. The van der Waals surface area contributed by atoms with Crippen molar-refractivity contribution in [1.29, 1.82) is 0 Å². The second-order valence-corrected chi connectivity index (χ2v) is 7.05. The number of fused-ring (bicyclic) bond motifs is 2. The first-order valence-corrected chi connectivity index (χ1v) is 8.50. The summed E-state index contributed by atoms with van der Waals surface area (Å²) >= 11 is 5.16. The van der Waals surface area contributed by atoms with Crippen molar-refractivity contribution in [2.75, 3.05) is 0 Å². The minimum Gasteiger partial charge on any atom is -0.485 e. The summed E-state index contributed by atoms with van der Waals surface area (Å²) in [6.45, 7) is 0. The molecule has 2 heterocycles. The molecule has 2 atom stereocenters. The highest BCUT2D eigenvalue weighted by atomic mass is 79.9. The average molecular weight is 361 g/mol. The van der Waals surface area contributed by atoms with Gasteiger partial charge in [-0.2, -0.15) is 0 Å². The van der Waals surface area contributed by atoms with E-state index < -0.39 is 6.10 Å². The van der Waals surface area contributed by atoms with Crippen LogP contribution in [-0.2, 0) is 0 Å². The fourth-order valence-electron chi connectivity index (χ4n) is 2.86. The molecule has 21 heavy (non-hydrogen) atoms. The number of aliphatic hydroxyl groups excluding tert-OH is 1. The zero-order valence-corrected chi connectivity index (χ0v) is 13.5. The Kier molecular flexibility index (Phi) is 3.25. The van der Waals surface area contributed by atoms with E-state index in [1.54, 1.807) is 11.3 Å². The number of hydrogen-bond acceptors (Lipinski definition) is 3. The molecule has 3 aromatic rings. The van der Waals surface area contributed by atoms with Crippen LogP contribution >= 0.6 is 27.3 Å². The lowest BCUT2D eigenvalue weighted by Gasteiger charge is -2.29. The predicted molar refractivity (Wildman–Crippen MR) is 88.9 cm³/mol. The summed E-state index contributed by atoms with van der Waals surface area (Å²) in [7, 11) is 0. The molecule has 0 spiro atoms. The van der Waals surface area contributed by atoms with Crippen LogP contribution in [-0.4, -0.2) is 5.11 Å². The van der Waals surface area contributed by atoms with Crippen LogP contribution in [0.25, 0.3) is 10.1 Å². The molecular weight excluding hydrogens is 348 g/mol. The summed E-state index contributed by atoms with van der Waals surface area (Å²) in [5.74, 6) is 0.775. The number of aliphatic hydroxyl groups is 1. The lowest BCUT2D eigenvalue weighted by atomic mass is 9.95. The van der Waals surface area contributed by atoms with E-state index in [1.807, 2.05) is 30.3 Å². The van der Waals surface area contributed by atoms with Crippen LogP contribution in [0.2, 0.25) is 0 Å². The second-order valence-electron chi connectivity index (χ2n) is 5.23. The highest BCUT2D eigenvalue weighted by Crippen LogP contribution is 2.44. The summed E-state index contributed by atoms with van der Waals surface area (Å²) in [5.41, 5.74) is 2.03. The van der Waals surface area contributed by atoms with Crippen LogP contribution in [0.1, 0.15) is 29.8 Å². The third-order valence-electron chi connectivity index (χ3n) is 3.90. The normalized spacial score (nSPS) is 21.0. The summed E-state index contributed by atoms with van der Waals surface area (Å²) in [6.07, 6.45) is 0.00390. The first-order chi connectivity index (χ1) is 10.2. The molecule has 0 bridgehead atoms. The van der Waals surface area contributed by atoms with E-state index in [-0.39, 0.29) is 6.10 Å². The van der Waals surface area contributed by atoms with Crippen molar-refractivity contribution in [3.63, 3.8) is 0 Å². The Bertz CT molecular complexity index is 811. The molecule has 1 N–H and O–H groups in total. The van der Waals surface area contributed by atoms with Gasteiger partial charge < -0.3 is 9.84 Å². The van der Waals surface area contributed by atoms with Gasteiger partial charge in [0.15, 0.2) is 0 Å². The summed E-state index contributed by atoms with van der Waals surface area (Å²) in [5, 5.41) is 13.8. The number of halogens is 1. The van der Waals surface area contributed by atoms with Crippen molar-refractivity contribution in [3.05, 3.63) is 63.4 Å². The van der Waals surface area contributed by atoms with Gasteiger partial charge in [-0.25, -0.2) is 0 Å². The minimum absolute atomic E-state index is 0.0928. The third kappa shape index (κ3) is 2.27. The maximum Gasteiger partial charge on any atom is 0.128 e. The van der Waals surface area contributed by atoms with Gasteiger partial charge >= 0.3 is 0 Å². The molecule has 4 heteroatoms. The van der Waals surface area contributed by atoms with E-state index >= 15 is 0 Å². The van der Waals surface area contributed by atoms with Crippen molar-refractivity contribution < 1.29 is 9.84 Å². The van der Waals surface area contributed by atoms with Crippen LogP contribution in [0.5, 0.6) is 5.75 Å². The lowest BCUT2D eigenvalue weighted by Crippen LogP contribution is -2.18. The fourth-order valence-corrected chi connectivity index (χ4v) is 4.24. The summed E-state index contributed by atoms with van der Waals surface area (Å²) in [6, 6.07) is 14.1. The zero-order chi connectivity index (χ0) is 14.4. The highest BCUT2D eigenvalue weighted by Gasteiger charge is 2.29. The van der Waals surface area contributed by atoms with Crippen LogP contribution in [0.3, 0.4) is 0 Å². The maximum absolute atomic E-state index is 10.4. The summed E-state index contributed by atoms with van der Waals surface area (Å²) < 4.78 is 8.35. The number of rotatable bonds is 1. The SMILES string of the molecule is OC1CC(c2csc3ccccc23)Oc2ccc(Br)cc21. The van der Waals surface area contributed by atoms with Gasteiger partial charge in [0.25, 0.3) is 0 Å². The van der Waals surface area contributed by atoms with Gasteiger partial charge in [0, 0.05) is 26.7 Å². The van der Waals surface area contributed by atoms with Gasteiger partial charge in [-0.3, -0.25) is 0 Å². The molecule has 0 fully saturated rings. The quantitative estimate of drug-likeness (QED) is 0.644. The van der Waals surface area contributed by atoms with Crippen molar-refractivity contribution in [3.8, 4) is 5.75 Å². The molecule has 0 radical (unpaired) electrons. The topological polar surface area (TPSA) is 29.5 Å². The van der Waals surface area contributed by atoms with Crippen molar-refractivity contribution in [2.45, 2.75) is 18.6 Å². The molecule has 0 amide bonds. The monoisotopic (exact) mass is 360 g/mol. The molecule has 0 saturated heterocycles. The van der Waals surface area contributed by atoms with E-state index in [2.05, 4.69) is 33.4 Å². The van der Waals surface area contributed by atoms with Gasteiger partial charge in [0.05, 0.1) is 6.10 Å². The molecule has 4 rings (SSSR count). The van der Waals surface area contributed by atoms with E-state index in [0.717, 1.165) is 15.8 Å². The van der Waals surface area contributed by atoms with Crippen LogP contribution in [0.15, 0.2) is 52.3 Å². The second kappa shape index (κ2) is 5.13. The molecule has 1 aliphatic heterocycles. The molecular formula is C17H13BrO2S. The molecule has 0 aliphatic carbocycles. The standard InChI is InChI=1S/C17H13BrO2S/c18-10-5-6-15-12(7-10)14(19)8-16(20-15)13-9-21-17-4-2-1-3-11(13)17/h1-7,9,14,16,19H,8H2. The van der Waals surface area contributed by atoms with Gasteiger partial charge in [-0.1, -0.05) is 34.1 Å². The zero-order valence-electron chi connectivity index (χ0n) is 11.1. The van der Waals surface area contributed by atoms with Crippen molar-refractivity contribution >= 4 is 37.4 Å². The maximum atomic E-state index is 10.4. The molecule has 0 saturated carbocycles. The lowest BCUT2D eigenvalue weighted by molar-refractivity contribution is 0.0665. The molecule has 2 aromatic carbocycles. The average Bonchev–Trinajstić information content (AvgIpc) is 2.92. The highest BCUT2D eigenvalue weighted by molar-refractivity contribution is 9.10. The number of ether oxygens (including phenoxy) is 1. The Morgan fingerprint density at radius 1 is 1.14 bits per heavy atom. The Morgan fingerprint density at radius 3 is 2.90 bits per heavy atom. The minimum atomic E-state index is -0.491. The van der Waals surface area contributed by atoms with Gasteiger partial charge in [-0.15, -0.1) is 11.3 Å². The first-order valence-electron chi connectivity index (χ1n) is 6.82. The predicted octanol–water partition coefficient (Wildman–Crippen LogP) is 5.22. The number of benzene rings is 2. The Morgan fingerprint density at radius 2 is 2.00 bits per heavy atom. The van der Waals surface area contributed by atoms with Gasteiger partial charge in [0.2, 0.25) is 0 Å². The van der Waals surface area contributed by atoms with Crippen LogP contribution < -0.4 is 4.74 Å². The molecule has 106 valence electrons. The van der Waals surface area contributed by atoms with Gasteiger partial charge in [0.1, 0.15) is 11.9 Å². The molecule has 2 unspecified atom stereocenters. The van der Waals surface area contributed by atoms with Crippen molar-refractivity contribution in [2.24, 2.45) is 0 Å². The van der Waals surface area contributed by atoms with E-state index in [0.29, 0.717) is 6.42 Å². The Balaban J connectivity index is 1.76. The molecule has 1 aromatic heterocycles. The molecule has 1 aliphatic rings. The van der Waals surface area contributed by atoms with E-state index in [9.17, 15) is 5.11 Å². The number of thiophene rings is 1. The largest absolute Gasteiger partial charge is 0.485 e. The third-order valence-corrected chi connectivity index (χ3v) is 5.37. The Labute approximate surface area is 135 Å². The van der Waals surface area contributed by atoms with Crippen LogP contribution in [0.4, 0.5) is 0 Å². The van der Waals surface area contributed by atoms with Crippen LogP contribution in [0, 0.1) is 0 Å².